The first-order chi connectivity index (χ1) is 12.5. The van der Waals surface area contributed by atoms with Crippen molar-refractivity contribution in [2.75, 3.05) is 6.61 Å². The maximum atomic E-state index is 10.1. The minimum atomic E-state index is -0.396. The fourth-order valence-corrected chi connectivity index (χ4v) is 4.80. The van der Waals surface area contributed by atoms with Gasteiger partial charge < -0.3 is 20.1 Å². The molecule has 1 fully saturated rings. The number of rotatable bonds is 6. The van der Waals surface area contributed by atoms with Crippen LogP contribution in [0.15, 0.2) is 24.3 Å². The van der Waals surface area contributed by atoms with Crippen molar-refractivity contribution in [1.29, 1.82) is 0 Å². The van der Waals surface area contributed by atoms with Crippen LogP contribution >= 0.6 is 22.9 Å². The maximum absolute atomic E-state index is 10.1. The van der Waals surface area contributed by atoms with E-state index in [2.05, 4.69) is 6.07 Å². The summed E-state index contributed by atoms with van der Waals surface area (Å²) in [6.07, 6.45) is 1.87. The summed E-state index contributed by atoms with van der Waals surface area (Å²) in [6.45, 7) is 1.99. The molecule has 1 aliphatic heterocycles. The zero-order valence-electron chi connectivity index (χ0n) is 14.8. The van der Waals surface area contributed by atoms with Gasteiger partial charge in [-0.3, -0.25) is 0 Å². The fraction of sp³-hybridized carbons (Fsp3) is 0.500. The number of halogens is 1. The Balaban J connectivity index is 1.88. The van der Waals surface area contributed by atoms with E-state index in [0.29, 0.717) is 30.7 Å². The number of hydrogen-bond acceptors (Lipinski definition) is 5. The molecule has 1 aromatic carbocycles. The first-order valence-electron chi connectivity index (χ1n) is 8.94. The van der Waals surface area contributed by atoms with Gasteiger partial charge in [0.05, 0.1) is 24.9 Å². The minimum Gasteiger partial charge on any atom is -0.396 e. The number of aliphatic hydroxyl groups is 3. The van der Waals surface area contributed by atoms with Crippen molar-refractivity contribution < 1.29 is 20.1 Å². The monoisotopic (exact) mass is 396 g/mol. The molecule has 0 saturated carbocycles. The normalized spacial score (nSPS) is 23.3. The third-order valence-electron chi connectivity index (χ3n) is 4.75. The molecule has 142 valence electrons. The lowest BCUT2D eigenvalue weighted by Gasteiger charge is -2.33. The van der Waals surface area contributed by atoms with Gasteiger partial charge in [-0.15, -0.1) is 11.3 Å². The van der Waals surface area contributed by atoms with E-state index in [9.17, 15) is 10.2 Å². The highest BCUT2D eigenvalue weighted by atomic mass is 35.5. The van der Waals surface area contributed by atoms with Crippen molar-refractivity contribution in [1.82, 2.24) is 0 Å². The highest BCUT2D eigenvalue weighted by Crippen LogP contribution is 2.36. The zero-order valence-corrected chi connectivity index (χ0v) is 16.4. The van der Waals surface area contributed by atoms with Crippen molar-refractivity contribution in [2.24, 2.45) is 0 Å². The van der Waals surface area contributed by atoms with Gasteiger partial charge in [0.1, 0.15) is 0 Å². The molecule has 0 spiro atoms. The summed E-state index contributed by atoms with van der Waals surface area (Å²) in [5, 5.41) is 29.5. The number of hydrogen-bond donors (Lipinski definition) is 3. The Morgan fingerprint density at radius 2 is 1.92 bits per heavy atom. The van der Waals surface area contributed by atoms with Crippen molar-refractivity contribution >= 4 is 22.9 Å². The van der Waals surface area contributed by atoms with E-state index in [1.807, 2.05) is 25.1 Å². The van der Waals surface area contributed by atoms with Gasteiger partial charge in [-0.2, -0.15) is 0 Å². The standard InChI is InChI=1S/C20H25ClO4S/c1-12-6-15(24)10-20(25-12)18-8-13(19(21)9-14(18)11-23)7-17-3-2-16(26-17)4-5-22/h2-3,8-9,12,15,20,22-24H,4-7,10-11H2,1H3. The van der Waals surface area contributed by atoms with Gasteiger partial charge in [0.25, 0.3) is 0 Å². The van der Waals surface area contributed by atoms with Crippen LogP contribution in [-0.4, -0.2) is 34.1 Å². The van der Waals surface area contributed by atoms with Gasteiger partial charge in [0.15, 0.2) is 0 Å². The molecule has 0 radical (unpaired) electrons. The van der Waals surface area contributed by atoms with E-state index in [4.69, 9.17) is 21.4 Å². The second-order valence-corrected chi connectivity index (χ2v) is 8.54. The van der Waals surface area contributed by atoms with E-state index in [0.717, 1.165) is 21.6 Å². The van der Waals surface area contributed by atoms with Crippen LogP contribution in [0.5, 0.6) is 0 Å². The van der Waals surface area contributed by atoms with Crippen LogP contribution in [0.4, 0.5) is 0 Å². The van der Waals surface area contributed by atoms with Crippen molar-refractivity contribution in [3.63, 3.8) is 0 Å². The highest BCUT2D eigenvalue weighted by Gasteiger charge is 2.29. The maximum Gasteiger partial charge on any atom is 0.0856 e. The average Bonchev–Trinajstić information content (AvgIpc) is 3.03. The molecular weight excluding hydrogens is 372 g/mol. The molecule has 2 aromatic rings. The second kappa shape index (κ2) is 8.83. The Kier molecular flexibility index (Phi) is 6.72. The Labute approximate surface area is 163 Å². The van der Waals surface area contributed by atoms with Crippen molar-refractivity contribution in [2.45, 2.75) is 57.5 Å². The predicted molar refractivity (Wildman–Crippen MR) is 104 cm³/mol. The zero-order chi connectivity index (χ0) is 18.7. The van der Waals surface area contributed by atoms with E-state index < -0.39 is 6.10 Å². The molecule has 1 saturated heterocycles. The van der Waals surface area contributed by atoms with Crippen molar-refractivity contribution in [3.05, 3.63) is 55.7 Å². The molecule has 1 aromatic heterocycles. The third kappa shape index (κ3) is 4.66. The van der Waals surface area contributed by atoms with Crippen LogP contribution in [0.2, 0.25) is 5.02 Å². The second-order valence-electron chi connectivity index (χ2n) is 6.88. The van der Waals surface area contributed by atoms with Gasteiger partial charge in [-0.05, 0) is 48.2 Å². The smallest absolute Gasteiger partial charge is 0.0856 e. The molecule has 0 aliphatic carbocycles. The molecule has 26 heavy (non-hydrogen) atoms. The Hall–Kier alpha value is -0.950. The molecule has 4 nitrogen and oxygen atoms in total. The Morgan fingerprint density at radius 3 is 2.62 bits per heavy atom. The quantitative estimate of drug-likeness (QED) is 0.697. The lowest BCUT2D eigenvalue weighted by atomic mass is 9.91. The molecule has 1 aliphatic rings. The lowest BCUT2D eigenvalue weighted by Crippen LogP contribution is -2.30. The number of benzene rings is 1. The summed E-state index contributed by atoms with van der Waals surface area (Å²) in [4.78, 5) is 2.33. The largest absolute Gasteiger partial charge is 0.396 e. The molecule has 3 unspecified atom stereocenters. The number of thiophene rings is 1. The lowest BCUT2D eigenvalue weighted by molar-refractivity contribution is -0.0901. The molecular formula is C20H25ClO4S. The van der Waals surface area contributed by atoms with Gasteiger partial charge in [-0.1, -0.05) is 17.7 Å². The number of ether oxygens (including phenoxy) is 1. The molecule has 3 rings (SSSR count). The summed E-state index contributed by atoms with van der Waals surface area (Å²) in [5.74, 6) is 0. The van der Waals surface area contributed by atoms with Gasteiger partial charge in [0, 0.05) is 40.6 Å². The molecule has 6 heteroatoms. The van der Waals surface area contributed by atoms with Crippen molar-refractivity contribution in [3.8, 4) is 0 Å². The van der Waals surface area contributed by atoms with E-state index in [1.54, 1.807) is 11.3 Å². The minimum absolute atomic E-state index is 0.0206. The van der Waals surface area contributed by atoms with Gasteiger partial charge in [-0.25, -0.2) is 0 Å². The molecule has 0 amide bonds. The number of aliphatic hydroxyl groups excluding tert-OH is 3. The van der Waals surface area contributed by atoms with E-state index in [1.165, 1.54) is 4.88 Å². The first kappa shape index (κ1) is 19.8. The molecule has 0 bridgehead atoms. The van der Waals surface area contributed by atoms with Crippen LogP contribution in [0, 0.1) is 0 Å². The third-order valence-corrected chi connectivity index (χ3v) is 6.25. The van der Waals surface area contributed by atoms with Gasteiger partial charge >= 0.3 is 0 Å². The van der Waals surface area contributed by atoms with Crippen LogP contribution in [0.1, 0.15) is 52.3 Å². The predicted octanol–water partition coefficient (Wildman–Crippen LogP) is 3.62. The molecule has 3 N–H and O–H groups in total. The first-order valence-corrected chi connectivity index (χ1v) is 10.1. The Bertz CT molecular complexity index is 735. The van der Waals surface area contributed by atoms with E-state index >= 15 is 0 Å². The van der Waals surface area contributed by atoms with Gasteiger partial charge in [0.2, 0.25) is 0 Å². The van der Waals surface area contributed by atoms with Crippen LogP contribution in [-0.2, 0) is 24.2 Å². The Morgan fingerprint density at radius 1 is 1.15 bits per heavy atom. The van der Waals surface area contributed by atoms with Crippen LogP contribution < -0.4 is 0 Å². The SMILES string of the molecule is CC1CC(O)CC(c2cc(Cc3ccc(CCO)s3)c(Cl)cc2CO)O1. The highest BCUT2D eigenvalue weighted by molar-refractivity contribution is 7.12. The molecule has 3 atom stereocenters. The summed E-state index contributed by atoms with van der Waals surface area (Å²) in [7, 11) is 0. The summed E-state index contributed by atoms with van der Waals surface area (Å²) in [5.41, 5.74) is 2.63. The average molecular weight is 397 g/mol. The summed E-state index contributed by atoms with van der Waals surface area (Å²) in [6, 6.07) is 7.92. The van der Waals surface area contributed by atoms with E-state index in [-0.39, 0.29) is 25.4 Å². The van der Waals surface area contributed by atoms with Crippen LogP contribution in [0.3, 0.4) is 0 Å². The summed E-state index contributed by atoms with van der Waals surface area (Å²) >= 11 is 8.13. The summed E-state index contributed by atoms with van der Waals surface area (Å²) < 4.78 is 6.03. The fourth-order valence-electron chi connectivity index (χ4n) is 3.52. The molecule has 2 heterocycles. The topological polar surface area (TPSA) is 69.9 Å². The van der Waals surface area contributed by atoms with Crippen LogP contribution in [0.25, 0.3) is 0 Å².